The molecule has 3 atom stereocenters. The number of hydrogen-bond donors (Lipinski definition) is 1. The highest BCUT2D eigenvalue weighted by molar-refractivity contribution is 5.76. The van der Waals surface area contributed by atoms with Gasteiger partial charge in [0.25, 0.3) is 0 Å². The molecule has 0 aliphatic carbocycles. The second kappa shape index (κ2) is 8.88. The van der Waals surface area contributed by atoms with E-state index in [0.29, 0.717) is 48.8 Å². The van der Waals surface area contributed by atoms with Crippen molar-refractivity contribution in [2.75, 3.05) is 32.8 Å². The van der Waals surface area contributed by atoms with Gasteiger partial charge in [-0.05, 0) is 45.4 Å². The van der Waals surface area contributed by atoms with Crippen LogP contribution in [0.4, 0.5) is 0 Å². The van der Waals surface area contributed by atoms with Crippen LogP contribution in [0.15, 0.2) is 4.52 Å². The van der Waals surface area contributed by atoms with Gasteiger partial charge in [0.1, 0.15) is 6.10 Å². The number of nitrogens with one attached hydrogen (secondary N) is 1. The fraction of sp³-hybridized carbons (Fsp3) is 0.850. The van der Waals surface area contributed by atoms with E-state index in [1.54, 1.807) is 0 Å². The van der Waals surface area contributed by atoms with Gasteiger partial charge < -0.3 is 19.5 Å². The van der Waals surface area contributed by atoms with Gasteiger partial charge in [0.2, 0.25) is 11.8 Å². The summed E-state index contributed by atoms with van der Waals surface area (Å²) >= 11 is 0. The number of ether oxygens (including phenoxy) is 1. The zero-order chi connectivity index (χ0) is 19.5. The summed E-state index contributed by atoms with van der Waals surface area (Å²) in [5.41, 5.74) is 0. The summed E-state index contributed by atoms with van der Waals surface area (Å²) in [7, 11) is 0. The molecule has 0 radical (unpaired) electrons. The quantitative estimate of drug-likeness (QED) is 0.758. The van der Waals surface area contributed by atoms with E-state index >= 15 is 0 Å². The van der Waals surface area contributed by atoms with Gasteiger partial charge in [-0.15, -0.1) is 0 Å². The molecule has 3 saturated heterocycles. The van der Waals surface area contributed by atoms with Gasteiger partial charge in [0.05, 0.1) is 6.54 Å². The van der Waals surface area contributed by atoms with E-state index in [-0.39, 0.29) is 6.10 Å². The third-order valence-electron chi connectivity index (χ3n) is 6.38. The van der Waals surface area contributed by atoms with Crippen LogP contribution in [0.5, 0.6) is 0 Å². The lowest BCUT2D eigenvalue weighted by molar-refractivity contribution is -0.134. The molecule has 3 aliphatic heterocycles. The van der Waals surface area contributed by atoms with Gasteiger partial charge in [0, 0.05) is 51.3 Å². The number of aromatic nitrogens is 2. The van der Waals surface area contributed by atoms with Gasteiger partial charge in [-0.1, -0.05) is 5.16 Å². The second-order valence-electron chi connectivity index (χ2n) is 8.48. The molecule has 3 unspecified atom stereocenters. The molecule has 0 aromatic carbocycles. The number of piperazine rings is 1. The van der Waals surface area contributed by atoms with E-state index in [4.69, 9.17) is 9.26 Å². The van der Waals surface area contributed by atoms with Crippen molar-refractivity contribution in [3.8, 4) is 0 Å². The zero-order valence-corrected chi connectivity index (χ0v) is 17.1. The number of fused-ring (bicyclic) bond motifs is 2. The van der Waals surface area contributed by atoms with Gasteiger partial charge in [-0.2, -0.15) is 4.98 Å². The first-order chi connectivity index (χ1) is 13.6. The van der Waals surface area contributed by atoms with Crippen LogP contribution in [0, 0.1) is 5.92 Å². The van der Waals surface area contributed by atoms with Crippen molar-refractivity contribution in [2.45, 2.75) is 70.7 Å². The molecule has 1 aromatic heterocycles. The monoisotopic (exact) mass is 391 g/mol. The van der Waals surface area contributed by atoms with Crippen LogP contribution in [0.1, 0.15) is 63.8 Å². The normalized spacial score (nSPS) is 29.2. The lowest BCUT2D eigenvalue weighted by atomic mass is 9.89. The van der Waals surface area contributed by atoms with Crippen LogP contribution in [0.3, 0.4) is 0 Å². The van der Waals surface area contributed by atoms with E-state index in [0.717, 1.165) is 32.6 Å². The molecular weight excluding hydrogens is 358 g/mol. The number of carbonyl (C=O) groups is 1. The molecule has 3 fully saturated rings. The second-order valence-corrected chi connectivity index (χ2v) is 8.48. The van der Waals surface area contributed by atoms with Crippen LogP contribution in [-0.2, 0) is 16.1 Å². The van der Waals surface area contributed by atoms with Crippen LogP contribution in [0.25, 0.3) is 0 Å². The molecule has 156 valence electrons. The topological polar surface area (TPSA) is 83.7 Å². The lowest BCUT2D eigenvalue weighted by Crippen LogP contribution is -2.49. The molecule has 8 heteroatoms. The number of piperidine rings is 1. The van der Waals surface area contributed by atoms with E-state index in [1.807, 2.05) is 18.7 Å². The van der Waals surface area contributed by atoms with Crippen molar-refractivity contribution in [1.82, 2.24) is 25.3 Å². The molecular formula is C20H33N5O3. The van der Waals surface area contributed by atoms with E-state index in [2.05, 4.69) is 20.4 Å². The van der Waals surface area contributed by atoms with Gasteiger partial charge in [0.15, 0.2) is 5.82 Å². The molecule has 0 saturated carbocycles. The summed E-state index contributed by atoms with van der Waals surface area (Å²) in [6.07, 6.45) is 5.48. The fourth-order valence-corrected chi connectivity index (χ4v) is 4.89. The summed E-state index contributed by atoms with van der Waals surface area (Å²) in [5.74, 6) is 2.11. The third kappa shape index (κ3) is 4.72. The highest BCUT2D eigenvalue weighted by atomic mass is 16.5. The average molecular weight is 392 g/mol. The Bertz CT molecular complexity index is 646. The smallest absolute Gasteiger partial charge is 0.240 e. The Morgan fingerprint density at radius 3 is 2.64 bits per heavy atom. The highest BCUT2D eigenvalue weighted by Gasteiger charge is 2.35. The maximum absolute atomic E-state index is 12.7. The molecule has 3 aliphatic rings. The Morgan fingerprint density at radius 2 is 1.96 bits per heavy atom. The number of carbonyl (C=O) groups excluding carboxylic acids is 1. The summed E-state index contributed by atoms with van der Waals surface area (Å²) in [5, 5.41) is 7.68. The van der Waals surface area contributed by atoms with E-state index in [1.165, 1.54) is 25.7 Å². The SMILES string of the molecule is CCOC(C)c1noc(CN2CCN(C(=O)CC3CC4CCC(C3)N4)CC2)n1. The number of rotatable bonds is 7. The van der Waals surface area contributed by atoms with Crippen LogP contribution >= 0.6 is 0 Å². The Morgan fingerprint density at radius 1 is 1.25 bits per heavy atom. The Hall–Kier alpha value is -1.51. The summed E-state index contributed by atoms with van der Waals surface area (Å²) in [4.78, 5) is 21.5. The number of nitrogens with zero attached hydrogens (tertiary/aromatic N) is 4. The molecule has 4 heterocycles. The standard InChI is InChI=1S/C20H33N5O3/c1-3-27-14(2)20-22-18(28-23-20)13-24-6-8-25(9-7-24)19(26)12-15-10-16-4-5-17(11-15)21-16/h14-17,21H,3-13H2,1-2H3. The predicted molar refractivity (Wildman–Crippen MR) is 103 cm³/mol. The van der Waals surface area contributed by atoms with Gasteiger partial charge in [-0.25, -0.2) is 0 Å². The third-order valence-corrected chi connectivity index (χ3v) is 6.38. The van der Waals surface area contributed by atoms with Crippen molar-refractivity contribution in [3.63, 3.8) is 0 Å². The lowest BCUT2D eigenvalue weighted by Gasteiger charge is -2.35. The van der Waals surface area contributed by atoms with Crippen molar-refractivity contribution >= 4 is 5.91 Å². The van der Waals surface area contributed by atoms with Crippen molar-refractivity contribution in [3.05, 3.63) is 11.7 Å². The molecule has 1 aromatic rings. The Kier molecular flexibility index (Phi) is 6.28. The van der Waals surface area contributed by atoms with Crippen LogP contribution < -0.4 is 5.32 Å². The molecule has 1 amide bonds. The highest BCUT2D eigenvalue weighted by Crippen LogP contribution is 2.33. The molecule has 8 nitrogen and oxygen atoms in total. The minimum Gasteiger partial charge on any atom is -0.371 e. The summed E-state index contributed by atoms with van der Waals surface area (Å²) in [6, 6.07) is 1.30. The Balaban J connectivity index is 1.20. The molecule has 4 rings (SSSR count). The fourth-order valence-electron chi connectivity index (χ4n) is 4.89. The number of hydrogen-bond acceptors (Lipinski definition) is 7. The van der Waals surface area contributed by atoms with Crippen molar-refractivity contribution in [1.29, 1.82) is 0 Å². The average Bonchev–Trinajstić information content (AvgIpc) is 3.29. The minimum absolute atomic E-state index is 0.151. The van der Waals surface area contributed by atoms with Gasteiger partial charge in [-0.3, -0.25) is 9.69 Å². The number of amides is 1. The van der Waals surface area contributed by atoms with Crippen LogP contribution in [0.2, 0.25) is 0 Å². The van der Waals surface area contributed by atoms with Crippen LogP contribution in [-0.4, -0.2) is 70.7 Å². The predicted octanol–water partition coefficient (Wildman–Crippen LogP) is 1.73. The van der Waals surface area contributed by atoms with Crippen molar-refractivity contribution < 1.29 is 14.1 Å². The van der Waals surface area contributed by atoms with E-state index < -0.39 is 0 Å². The minimum atomic E-state index is -0.151. The largest absolute Gasteiger partial charge is 0.371 e. The molecule has 1 N–H and O–H groups in total. The molecule has 2 bridgehead atoms. The molecule has 0 spiro atoms. The molecule has 28 heavy (non-hydrogen) atoms. The summed E-state index contributed by atoms with van der Waals surface area (Å²) < 4.78 is 10.9. The maximum atomic E-state index is 12.7. The van der Waals surface area contributed by atoms with E-state index in [9.17, 15) is 4.79 Å². The Labute approximate surface area is 167 Å². The van der Waals surface area contributed by atoms with Crippen molar-refractivity contribution in [2.24, 2.45) is 5.92 Å². The first-order valence-corrected chi connectivity index (χ1v) is 10.8. The first kappa shape index (κ1) is 19.8. The zero-order valence-electron chi connectivity index (χ0n) is 17.1. The first-order valence-electron chi connectivity index (χ1n) is 10.8. The maximum Gasteiger partial charge on any atom is 0.240 e. The summed E-state index contributed by atoms with van der Waals surface area (Å²) in [6.45, 7) is 8.40. The van der Waals surface area contributed by atoms with Gasteiger partial charge >= 0.3 is 0 Å².